The van der Waals surface area contributed by atoms with Gasteiger partial charge in [-0.25, -0.2) is 4.98 Å². The predicted molar refractivity (Wildman–Crippen MR) is 63.0 cm³/mol. The van der Waals surface area contributed by atoms with E-state index in [2.05, 4.69) is 38.7 Å². The summed E-state index contributed by atoms with van der Waals surface area (Å²) in [7, 11) is 0. The highest BCUT2D eigenvalue weighted by Gasteiger charge is 2.03. The van der Waals surface area contributed by atoms with E-state index >= 15 is 0 Å². The molecule has 0 saturated heterocycles. The Morgan fingerprint density at radius 3 is 3.07 bits per heavy atom. The normalized spacial score (nSPS) is 9.87. The maximum absolute atomic E-state index is 8.86. The van der Waals surface area contributed by atoms with Crippen LogP contribution in [0.2, 0.25) is 0 Å². The van der Waals surface area contributed by atoms with E-state index in [4.69, 9.17) is 5.26 Å². The third-order valence-electron chi connectivity index (χ3n) is 1.93. The Morgan fingerprint density at radius 1 is 1.53 bits per heavy atom. The van der Waals surface area contributed by atoms with Crippen molar-refractivity contribution >= 4 is 22.6 Å². The summed E-state index contributed by atoms with van der Waals surface area (Å²) in [6.07, 6.45) is 5.33. The molecule has 74 valence electrons. The topological polar surface area (TPSA) is 54.5 Å². The van der Waals surface area contributed by atoms with Crippen LogP contribution in [0.4, 0.5) is 0 Å². The van der Waals surface area contributed by atoms with Crippen molar-refractivity contribution in [2.45, 2.75) is 6.54 Å². The summed E-state index contributed by atoms with van der Waals surface area (Å²) in [5, 5.41) is 13.0. The second-order valence-electron chi connectivity index (χ2n) is 2.98. The summed E-state index contributed by atoms with van der Waals surface area (Å²) < 4.78 is 2.87. The van der Waals surface area contributed by atoms with Gasteiger partial charge >= 0.3 is 0 Å². The molecule has 5 heteroatoms. The van der Waals surface area contributed by atoms with Crippen LogP contribution in [0, 0.1) is 14.9 Å². The van der Waals surface area contributed by atoms with Gasteiger partial charge in [-0.2, -0.15) is 10.4 Å². The highest BCUT2D eigenvalue weighted by atomic mass is 127. The molecule has 0 fully saturated rings. The molecule has 15 heavy (non-hydrogen) atoms. The molecule has 0 aliphatic carbocycles. The van der Waals surface area contributed by atoms with Crippen LogP contribution in [-0.2, 0) is 6.54 Å². The second-order valence-corrected chi connectivity index (χ2v) is 4.22. The summed E-state index contributed by atoms with van der Waals surface area (Å²) >= 11 is 2.20. The van der Waals surface area contributed by atoms with E-state index in [9.17, 15) is 0 Å². The van der Waals surface area contributed by atoms with Crippen LogP contribution in [0.3, 0.4) is 0 Å². The van der Waals surface area contributed by atoms with E-state index in [1.165, 1.54) is 0 Å². The first-order chi connectivity index (χ1) is 7.29. The van der Waals surface area contributed by atoms with Gasteiger partial charge in [0.25, 0.3) is 0 Å². The Kier molecular flexibility index (Phi) is 2.97. The fourth-order valence-electron chi connectivity index (χ4n) is 1.27. The molecule has 2 aromatic rings. The minimum absolute atomic E-state index is 0.461. The minimum Gasteiger partial charge on any atom is -0.267 e. The molecule has 0 unspecified atom stereocenters. The van der Waals surface area contributed by atoms with Gasteiger partial charge < -0.3 is 0 Å². The van der Waals surface area contributed by atoms with E-state index in [0.717, 1.165) is 9.13 Å². The zero-order chi connectivity index (χ0) is 10.7. The second kappa shape index (κ2) is 4.40. The SMILES string of the molecule is N#Cc1ncccc1Cn1cc(I)cn1. The van der Waals surface area contributed by atoms with Crippen LogP contribution in [0.15, 0.2) is 30.7 Å². The van der Waals surface area contributed by atoms with E-state index < -0.39 is 0 Å². The fourth-order valence-corrected chi connectivity index (χ4v) is 1.71. The smallest absolute Gasteiger partial charge is 0.145 e. The third-order valence-corrected chi connectivity index (χ3v) is 2.49. The number of nitriles is 1. The Hall–Kier alpha value is -1.42. The van der Waals surface area contributed by atoms with E-state index in [0.29, 0.717) is 12.2 Å². The number of hydrogen-bond acceptors (Lipinski definition) is 3. The molecule has 0 atom stereocenters. The Labute approximate surface area is 101 Å². The average molecular weight is 310 g/mol. The van der Waals surface area contributed by atoms with Gasteiger partial charge in [-0.15, -0.1) is 0 Å². The first kappa shape index (κ1) is 10.1. The van der Waals surface area contributed by atoms with E-state index in [1.54, 1.807) is 17.1 Å². The van der Waals surface area contributed by atoms with Crippen molar-refractivity contribution in [1.82, 2.24) is 14.8 Å². The standard InChI is InChI=1S/C10H7IN4/c11-9-5-14-15(7-9)6-8-2-1-3-13-10(8)4-12/h1-3,5,7H,6H2. The predicted octanol–water partition coefficient (Wildman–Crippen LogP) is 1.80. The molecule has 0 aromatic carbocycles. The number of nitrogens with zero attached hydrogens (tertiary/aromatic N) is 4. The molecule has 0 aliphatic rings. The summed E-state index contributed by atoms with van der Waals surface area (Å²) in [6, 6.07) is 5.78. The number of rotatable bonds is 2. The number of halogens is 1. The summed E-state index contributed by atoms with van der Waals surface area (Å²) in [5.74, 6) is 0. The van der Waals surface area contributed by atoms with Crippen molar-refractivity contribution in [3.63, 3.8) is 0 Å². The number of pyridine rings is 1. The molecular weight excluding hydrogens is 303 g/mol. The van der Waals surface area contributed by atoms with E-state index in [-0.39, 0.29) is 0 Å². The maximum Gasteiger partial charge on any atom is 0.145 e. The molecule has 0 amide bonds. The first-order valence-electron chi connectivity index (χ1n) is 4.31. The molecular formula is C10H7IN4. The van der Waals surface area contributed by atoms with Gasteiger partial charge in [-0.3, -0.25) is 4.68 Å². The van der Waals surface area contributed by atoms with Crippen LogP contribution < -0.4 is 0 Å². The first-order valence-corrected chi connectivity index (χ1v) is 5.39. The minimum atomic E-state index is 0.461. The van der Waals surface area contributed by atoms with Crippen molar-refractivity contribution in [2.24, 2.45) is 0 Å². The molecule has 4 nitrogen and oxygen atoms in total. The van der Waals surface area contributed by atoms with Crippen molar-refractivity contribution < 1.29 is 0 Å². The number of hydrogen-bond donors (Lipinski definition) is 0. The Morgan fingerprint density at radius 2 is 2.40 bits per heavy atom. The number of aromatic nitrogens is 3. The van der Waals surface area contributed by atoms with E-state index in [1.807, 2.05) is 18.3 Å². The van der Waals surface area contributed by atoms with Crippen LogP contribution in [0.1, 0.15) is 11.3 Å². The highest BCUT2D eigenvalue weighted by Crippen LogP contribution is 2.08. The van der Waals surface area contributed by atoms with Gasteiger partial charge in [0.2, 0.25) is 0 Å². The lowest BCUT2D eigenvalue weighted by Gasteiger charge is -2.02. The average Bonchev–Trinajstić information content (AvgIpc) is 2.65. The van der Waals surface area contributed by atoms with Crippen molar-refractivity contribution in [2.75, 3.05) is 0 Å². The van der Waals surface area contributed by atoms with Crippen LogP contribution in [-0.4, -0.2) is 14.8 Å². The summed E-state index contributed by atoms with van der Waals surface area (Å²) in [6.45, 7) is 0.583. The fraction of sp³-hybridized carbons (Fsp3) is 0.100. The van der Waals surface area contributed by atoms with Crippen molar-refractivity contribution in [3.05, 3.63) is 45.6 Å². The summed E-state index contributed by atoms with van der Waals surface area (Å²) in [4.78, 5) is 4.00. The monoisotopic (exact) mass is 310 g/mol. The lowest BCUT2D eigenvalue weighted by Crippen LogP contribution is -2.03. The van der Waals surface area contributed by atoms with Gasteiger partial charge in [0.15, 0.2) is 0 Å². The molecule has 0 aliphatic heterocycles. The highest BCUT2D eigenvalue weighted by molar-refractivity contribution is 14.1. The summed E-state index contributed by atoms with van der Waals surface area (Å²) in [5.41, 5.74) is 1.35. The Bertz CT molecular complexity index is 512. The van der Waals surface area contributed by atoms with Gasteiger partial charge in [-0.1, -0.05) is 6.07 Å². The van der Waals surface area contributed by atoms with Gasteiger partial charge in [0.05, 0.1) is 16.3 Å². The van der Waals surface area contributed by atoms with Crippen LogP contribution in [0.5, 0.6) is 0 Å². The molecule has 0 N–H and O–H groups in total. The van der Waals surface area contributed by atoms with Gasteiger partial charge in [-0.05, 0) is 28.7 Å². The van der Waals surface area contributed by atoms with Crippen LogP contribution in [0.25, 0.3) is 0 Å². The molecule has 0 bridgehead atoms. The zero-order valence-electron chi connectivity index (χ0n) is 7.76. The molecule has 2 heterocycles. The molecule has 2 rings (SSSR count). The molecule has 2 aromatic heterocycles. The van der Waals surface area contributed by atoms with Crippen molar-refractivity contribution in [1.29, 1.82) is 5.26 Å². The van der Waals surface area contributed by atoms with Crippen LogP contribution >= 0.6 is 22.6 Å². The maximum atomic E-state index is 8.86. The quantitative estimate of drug-likeness (QED) is 0.795. The lowest BCUT2D eigenvalue weighted by atomic mass is 10.2. The lowest BCUT2D eigenvalue weighted by molar-refractivity contribution is 0.683. The Balaban J connectivity index is 2.28. The largest absolute Gasteiger partial charge is 0.267 e. The zero-order valence-corrected chi connectivity index (χ0v) is 9.92. The molecule has 0 radical (unpaired) electrons. The molecule has 0 spiro atoms. The molecule has 0 saturated carbocycles. The van der Waals surface area contributed by atoms with Gasteiger partial charge in [0, 0.05) is 18.0 Å². The van der Waals surface area contributed by atoms with Gasteiger partial charge in [0.1, 0.15) is 11.8 Å². The third kappa shape index (κ3) is 2.33. The van der Waals surface area contributed by atoms with Crippen molar-refractivity contribution in [3.8, 4) is 6.07 Å².